The van der Waals surface area contributed by atoms with Crippen molar-refractivity contribution in [1.29, 1.82) is 0 Å². The van der Waals surface area contributed by atoms with E-state index in [4.69, 9.17) is 0 Å². The van der Waals surface area contributed by atoms with E-state index in [0.717, 1.165) is 28.0 Å². The number of amides is 1. The Morgan fingerprint density at radius 3 is 2.52 bits per heavy atom. The van der Waals surface area contributed by atoms with E-state index in [1.165, 1.54) is 11.8 Å². The van der Waals surface area contributed by atoms with Crippen LogP contribution in [0.25, 0.3) is 17.5 Å². The van der Waals surface area contributed by atoms with Gasteiger partial charge in [0.2, 0.25) is 0 Å². The average molecular weight is 470 g/mol. The Labute approximate surface area is 182 Å². The molecule has 3 aromatic rings. The maximum Gasteiger partial charge on any atom is 0.250 e. The van der Waals surface area contributed by atoms with Crippen LogP contribution in [0, 0.1) is 0 Å². The fourth-order valence-electron chi connectivity index (χ4n) is 2.56. The van der Waals surface area contributed by atoms with Gasteiger partial charge in [0.1, 0.15) is 0 Å². The summed E-state index contributed by atoms with van der Waals surface area (Å²) in [6, 6.07) is 19.7. The van der Waals surface area contributed by atoms with Gasteiger partial charge < -0.3 is 4.57 Å². The monoisotopic (exact) mass is 469 g/mol. The van der Waals surface area contributed by atoms with E-state index < -0.39 is 0 Å². The van der Waals surface area contributed by atoms with E-state index in [-0.39, 0.29) is 11.7 Å². The van der Waals surface area contributed by atoms with E-state index in [2.05, 4.69) is 36.7 Å². The maximum atomic E-state index is 12.1. The smallest absolute Gasteiger partial charge is 0.250 e. The molecular weight excluding hydrogens is 450 g/mol. The Kier molecular flexibility index (Phi) is 7.77. The third kappa shape index (κ3) is 6.13. The number of carbonyl (C=O) groups excluding carboxylic acids is 1. The molecule has 0 aliphatic carbocycles. The number of aromatic nitrogens is 3. The van der Waals surface area contributed by atoms with E-state index in [1.54, 1.807) is 6.21 Å². The van der Waals surface area contributed by atoms with Crippen LogP contribution in [0.3, 0.4) is 0 Å². The lowest BCUT2D eigenvalue weighted by atomic mass is 10.2. The van der Waals surface area contributed by atoms with Crippen molar-refractivity contribution in [2.45, 2.75) is 18.6 Å². The minimum Gasteiger partial charge on any atom is -0.302 e. The van der Waals surface area contributed by atoms with Gasteiger partial charge in [0.25, 0.3) is 5.91 Å². The van der Waals surface area contributed by atoms with Crippen LogP contribution in [0.15, 0.2) is 75.4 Å². The maximum absolute atomic E-state index is 12.1. The largest absolute Gasteiger partial charge is 0.302 e. The van der Waals surface area contributed by atoms with Crippen LogP contribution in [-0.4, -0.2) is 32.6 Å². The highest BCUT2D eigenvalue weighted by Gasteiger charge is 2.14. The highest BCUT2D eigenvalue weighted by molar-refractivity contribution is 9.12. The minimum absolute atomic E-state index is 0.199. The Bertz CT molecular complexity index is 1000. The Morgan fingerprint density at radius 1 is 1.14 bits per heavy atom. The Balaban J connectivity index is 1.54. The number of hydrogen-bond donors (Lipinski definition) is 1. The van der Waals surface area contributed by atoms with Gasteiger partial charge in [-0.1, -0.05) is 72.4 Å². The molecule has 0 bridgehead atoms. The van der Waals surface area contributed by atoms with E-state index in [0.29, 0.717) is 5.16 Å². The second-order valence-corrected chi connectivity index (χ2v) is 7.80. The van der Waals surface area contributed by atoms with Crippen molar-refractivity contribution < 1.29 is 4.79 Å². The molecule has 148 valence electrons. The number of rotatable bonds is 8. The first kappa shape index (κ1) is 21.0. The summed E-state index contributed by atoms with van der Waals surface area (Å²) in [6.45, 7) is 2.75. The normalized spacial score (nSPS) is 11.7. The fraction of sp³-hybridized carbons (Fsp3) is 0.143. The van der Waals surface area contributed by atoms with Crippen LogP contribution in [0.1, 0.15) is 12.5 Å². The average Bonchev–Trinajstić information content (AvgIpc) is 3.16. The Morgan fingerprint density at radius 2 is 1.83 bits per heavy atom. The van der Waals surface area contributed by atoms with Crippen molar-refractivity contribution in [3.8, 4) is 11.4 Å². The van der Waals surface area contributed by atoms with E-state index in [9.17, 15) is 4.79 Å². The standard InChI is InChI=1S/C21H20BrN5OS/c1-2-27-20(17-11-7-4-8-12-17)25-26-21(27)29-15-19(28)24-23-14-18(22)13-16-9-5-3-6-10-16/h3-14H,2,15H2,1H3,(H,24,28)/b18-13-,23-14-. The zero-order valence-corrected chi connectivity index (χ0v) is 18.2. The summed E-state index contributed by atoms with van der Waals surface area (Å²) in [5.74, 6) is 0.784. The van der Waals surface area contributed by atoms with Crippen LogP contribution in [-0.2, 0) is 11.3 Å². The van der Waals surface area contributed by atoms with Crippen molar-refractivity contribution in [2.75, 3.05) is 5.75 Å². The van der Waals surface area contributed by atoms with Crippen LogP contribution in [0.4, 0.5) is 0 Å². The van der Waals surface area contributed by atoms with Crippen molar-refractivity contribution in [1.82, 2.24) is 20.2 Å². The number of allylic oxidation sites excluding steroid dienone is 1. The molecule has 0 spiro atoms. The molecule has 6 nitrogen and oxygen atoms in total. The third-order valence-electron chi connectivity index (χ3n) is 3.88. The summed E-state index contributed by atoms with van der Waals surface area (Å²) < 4.78 is 2.75. The fourth-order valence-corrected chi connectivity index (χ4v) is 3.72. The second-order valence-electron chi connectivity index (χ2n) is 5.94. The summed E-state index contributed by atoms with van der Waals surface area (Å²) in [5.41, 5.74) is 4.57. The third-order valence-corrected chi connectivity index (χ3v) is 5.28. The van der Waals surface area contributed by atoms with Gasteiger partial charge in [-0.25, -0.2) is 5.43 Å². The molecule has 1 aromatic heterocycles. The van der Waals surface area contributed by atoms with Crippen molar-refractivity contribution in [2.24, 2.45) is 5.10 Å². The molecule has 3 rings (SSSR count). The second kappa shape index (κ2) is 10.7. The highest BCUT2D eigenvalue weighted by atomic mass is 79.9. The highest BCUT2D eigenvalue weighted by Crippen LogP contribution is 2.23. The molecule has 0 aliphatic heterocycles. The first-order valence-electron chi connectivity index (χ1n) is 9.03. The van der Waals surface area contributed by atoms with Crippen molar-refractivity contribution >= 4 is 45.9 Å². The molecule has 1 amide bonds. The zero-order valence-electron chi connectivity index (χ0n) is 15.8. The molecule has 8 heteroatoms. The lowest BCUT2D eigenvalue weighted by Crippen LogP contribution is -2.19. The summed E-state index contributed by atoms with van der Waals surface area (Å²) in [5, 5.41) is 13.2. The van der Waals surface area contributed by atoms with Gasteiger partial charge in [0.05, 0.1) is 12.0 Å². The first-order valence-corrected chi connectivity index (χ1v) is 10.8. The minimum atomic E-state index is -0.210. The Hall–Kier alpha value is -2.71. The van der Waals surface area contributed by atoms with Gasteiger partial charge in [-0.2, -0.15) is 5.10 Å². The van der Waals surface area contributed by atoms with Crippen molar-refractivity contribution in [3.63, 3.8) is 0 Å². The summed E-state index contributed by atoms with van der Waals surface area (Å²) in [4.78, 5) is 12.1. The zero-order chi connectivity index (χ0) is 20.5. The van der Waals surface area contributed by atoms with Crippen molar-refractivity contribution in [3.05, 3.63) is 70.7 Å². The number of hydrazone groups is 1. The predicted octanol–water partition coefficient (Wildman–Crippen LogP) is 4.60. The van der Waals surface area contributed by atoms with Gasteiger partial charge in [-0.05, 0) is 34.5 Å². The molecular formula is C21H20BrN5OS. The van der Waals surface area contributed by atoms with Gasteiger partial charge in [0, 0.05) is 16.6 Å². The SMILES string of the molecule is CCn1c(SCC(=O)N/N=C\C(Br)=C\c2ccccc2)nnc1-c1ccccc1. The molecule has 29 heavy (non-hydrogen) atoms. The number of hydrogen-bond acceptors (Lipinski definition) is 5. The van der Waals surface area contributed by atoms with Crippen LogP contribution >= 0.6 is 27.7 Å². The number of benzene rings is 2. The summed E-state index contributed by atoms with van der Waals surface area (Å²) >= 11 is 4.75. The molecule has 0 aliphatic rings. The molecule has 0 fully saturated rings. The molecule has 1 heterocycles. The first-order chi connectivity index (χ1) is 14.2. The molecule has 0 radical (unpaired) electrons. The van der Waals surface area contributed by atoms with Crippen LogP contribution in [0.5, 0.6) is 0 Å². The lowest BCUT2D eigenvalue weighted by Gasteiger charge is -2.06. The summed E-state index contributed by atoms with van der Waals surface area (Å²) in [6.07, 6.45) is 3.47. The lowest BCUT2D eigenvalue weighted by molar-refractivity contribution is -0.118. The predicted molar refractivity (Wildman–Crippen MR) is 122 cm³/mol. The summed E-state index contributed by atoms with van der Waals surface area (Å²) in [7, 11) is 0. The number of thioether (sulfide) groups is 1. The van der Waals surface area contributed by atoms with E-state index >= 15 is 0 Å². The molecule has 0 atom stereocenters. The van der Waals surface area contributed by atoms with E-state index in [1.807, 2.05) is 78.2 Å². The van der Waals surface area contributed by atoms with Gasteiger partial charge in [-0.15, -0.1) is 10.2 Å². The van der Waals surface area contributed by atoms with Gasteiger partial charge in [-0.3, -0.25) is 4.79 Å². The molecule has 0 saturated carbocycles. The number of nitrogens with zero attached hydrogens (tertiary/aromatic N) is 4. The number of halogens is 1. The van der Waals surface area contributed by atoms with Crippen LogP contribution < -0.4 is 5.43 Å². The number of carbonyl (C=O) groups is 1. The van der Waals surface area contributed by atoms with Gasteiger partial charge >= 0.3 is 0 Å². The quantitative estimate of drug-likeness (QED) is 0.297. The molecule has 0 unspecified atom stereocenters. The molecule has 1 N–H and O–H groups in total. The molecule has 2 aromatic carbocycles. The topological polar surface area (TPSA) is 72.2 Å². The molecule has 0 saturated heterocycles. The number of nitrogens with one attached hydrogen (secondary N) is 1. The van der Waals surface area contributed by atoms with Gasteiger partial charge in [0.15, 0.2) is 11.0 Å². The van der Waals surface area contributed by atoms with Crippen LogP contribution in [0.2, 0.25) is 0 Å².